The van der Waals surface area contributed by atoms with Gasteiger partial charge in [0.05, 0.1) is 17.6 Å². The van der Waals surface area contributed by atoms with Gasteiger partial charge in [-0.05, 0) is 31.2 Å². The lowest BCUT2D eigenvalue weighted by Crippen LogP contribution is -2.05. The lowest BCUT2D eigenvalue weighted by atomic mass is 10.1. The maximum absolute atomic E-state index is 14.3. The minimum Gasteiger partial charge on any atom is -0.319 e. The van der Waals surface area contributed by atoms with Crippen LogP contribution in [-0.2, 0) is 6.54 Å². The Morgan fingerprint density at radius 1 is 0.960 bits per heavy atom. The molecule has 0 unspecified atom stereocenters. The number of nitrogens with zero attached hydrogens (tertiary/aromatic N) is 2. The topological polar surface area (TPSA) is 17.8 Å². The molecule has 2 nitrogen and oxygen atoms in total. The number of imidazole rings is 1. The predicted octanol–water partition coefficient (Wildman–Crippen LogP) is 5.85. The van der Waals surface area contributed by atoms with Crippen molar-refractivity contribution in [1.82, 2.24) is 9.55 Å². The zero-order valence-electron chi connectivity index (χ0n) is 13.7. The molecule has 124 valence electrons. The molecule has 4 aromatic rings. The number of aromatic nitrogens is 2. The molecule has 0 aliphatic heterocycles. The second-order valence-electron chi connectivity index (χ2n) is 6.08. The van der Waals surface area contributed by atoms with Crippen LogP contribution >= 0.6 is 11.6 Å². The van der Waals surface area contributed by atoms with Gasteiger partial charge in [-0.3, -0.25) is 0 Å². The summed E-state index contributed by atoms with van der Waals surface area (Å²) in [6.45, 7) is 2.38. The number of halogens is 2. The second kappa shape index (κ2) is 6.34. The normalized spacial score (nSPS) is 11.2. The number of rotatable bonds is 3. The van der Waals surface area contributed by atoms with Crippen LogP contribution in [0.15, 0.2) is 66.7 Å². The van der Waals surface area contributed by atoms with E-state index >= 15 is 0 Å². The van der Waals surface area contributed by atoms with E-state index in [-0.39, 0.29) is 5.82 Å². The first-order valence-electron chi connectivity index (χ1n) is 8.08. The quantitative estimate of drug-likeness (QED) is 0.453. The zero-order chi connectivity index (χ0) is 17.4. The smallest absolute Gasteiger partial charge is 0.141 e. The molecule has 0 aliphatic carbocycles. The lowest BCUT2D eigenvalue weighted by molar-refractivity contribution is 0.602. The summed E-state index contributed by atoms with van der Waals surface area (Å²) >= 11 is 6.24. The Balaban J connectivity index is 1.92. The number of benzene rings is 3. The van der Waals surface area contributed by atoms with Crippen molar-refractivity contribution in [3.63, 3.8) is 0 Å². The van der Waals surface area contributed by atoms with Gasteiger partial charge in [0, 0.05) is 16.1 Å². The van der Waals surface area contributed by atoms with Gasteiger partial charge < -0.3 is 4.57 Å². The average Bonchev–Trinajstić information content (AvgIpc) is 2.97. The van der Waals surface area contributed by atoms with E-state index in [1.807, 2.05) is 47.9 Å². The fourth-order valence-corrected chi connectivity index (χ4v) is 3.22. The molecule has 0 bridgehead atoms. The third-order valence-electron chi connectivity index (χ3n) is 4.34. The Labute approximate surface area is 150 Å². The maximum Gasteiger partial charge on any atom is 0.141 e. The molecule has 0 radical (unpaired) electrons. The lowest BCUT2D eigenvalue weighted by Gasteiger charge is -2.12. The van der Waals surface area contributed by atoms with Crippen molar-refractivity contribution in [3.8, 4) is 11.4 Å². The van der Waals surface area contributed by atoms with Gasteiger partial charge in [-0.1, -0.05) is 59.6 Å². The van der Waals surface area contributed by atoms with Crippen LogP contribution in [-0.4, -0.2) is 9.55 Å². The molecule has 0 atom stereocenters. The number of hydrogen-bond acceptors (Lipinski definition) is 1. The molecule has 0 N–H and O–H groups in total. The summed E-state index contributed by atoms with van der Waals surface area (Å²) in [6.07, 6.45) is 0. The molecule has 25 heavy (non-hydrogen) atoms. The molecule has 1 heterocycles. The van der Waals surface area contributed by atoms with Crippen molar-refractivity contribution in [2.24, 2.45) is 0 Å². The maximum atomic E-state index is 14.3. The van der Waals surface area contributed by atoms with Crippen LogP contribution in [0.1, 0.15) is 11.1 Å². The molecule has 0 aliphatic rings. The van der Waals surface area contributed by atoms with Gasteiger partial charge in [-0.25, -0.2) is 9.37 Å². The molecular formula is C21H16ClFN2. The average molecular weight is 351 g/mol. The monoisotopic (exact) mass is 350 g/mol. The van der Waals surface area contributed by atoms with Crippen LogP contribution in [0, 0.1) is 12.7 Å². The van der Waals surface area contributed by atoms with Gasteiger partial charge in [0.2, 0.25) is 0 Å². The molecule has 4 heteroatoms. The highest BCUT2D eigenvalue weighted by Gasteiger charge is 2.15. The summed E-state index contributed by atoms with van der Waals surface area (Å²) in [5.41, 5.74) is 4.49. The SMILES string of the molecule is Cc1ccc(-c2nc3ccccc3n2Cc2c(F)cccc2Cl)cc1. The summed E-state index contributed by atoms with van der Waals surface area (Å²) in [5.74, 6) is 0.501. The molecule has 0 saturated heterocycles. The first kappa shape index (κ1) is 15.9. The molecule has 1 aromatic heterocycles. The molecule has 4 rings (SSSR count). The highest BCUT2D eigenvalue weighted by molar-refractivity contribution is 6.31. The highest BCUT2D eigenvalue weighted by Crippen LogP contribution is 2.28. The van der Waals surface area contributed by atoms with Crippen LogP contribution in [0.25, 0.3) is 22.4 Å². The van der Waals surface area contributed by atoms with E-state index in [1.165, 1.54) is 11.6 Å². The molecule has 3 aromatic carbocycles. The highest BCUT2D eigenvalue weighted by atomic mass is 35.5. The van der Waals surface area contributed by atoms with Crippen molar-refractivity contribution >= 4 is 22.6 Å². The fraction of sp³-hybridized carbons (Fsp3) is 0.0952. The van der Waals surface area contributed by atoms with E-state index in [9.17, 15) is 4.39 Å². The van der Waals surface area contributed by atoms with Crippen LogP contribution in [0.2, 0.25) is 5.02 Å². The molecule has 0 amide bonds. The van der Waals surface area contributed by atoms with Gasteiger partial charge in [-0.15, -0.1) is 0 Å². The summed E-state index contributed by atoms with van der Waals surface area (Å²) in [6, 6.07) is 20.8. The second-order valence-corrected chi connectivity index (χ2v) is 6.48. The van der Waals surface area contributed by atoms with Crippen LogP contribution in [0.4, 0.5) is 4.39 Å². The van der Waals surface area contributed by atoms with Crippen molar-refractivity contribution in [2.45, 2.75) is 13.5 Å². The summed E-state index contributed by atoms with van der Waals surface area (Å²) in [4.78, 5) is 4.77. The van der Waals surface area contributed by atoms with E-state index in [1.54, 1.807) is 12.1 Å². The van der Waals surface area contributed by atoms with Crippen LogP contribution in [0.3, 0.4) is 0 Å². The van der Waals surface area contributed by atoms with Crippen molar-refractivity contribution in [3.05, 3.63) is 88.7 Å². The summed E-state index contributed by atoms with van der Waals surface area (Å²) < 4.78 is 16.3. The minimum absolute atomic E-state index is 0.305. The third-order valence-corrected chi connectivity index (χ3v) is 4.70. The largest absolute Gasteiger partial charge is 0.319 e. The summed E-state index contributed by atoms with van der Waals surface area (Å²) in [5, 5.41) is 0.424. The third kappa shape index (κ3) is 2.92. The van der Waals surface area contributed by atoms with Crippen LogP contribution < -0.4 is 0 Å². The number of aryl methyl sites for hydroxylation is 1. The Hall–Kier alpha value is -2.65. The van der Waals surface area contributed by atoms with Crippen molar-refractivity contribution in [1.29, 1.82) is 0 Å². The number of hydrogen-bond donors (Lipinski definition) is 0. The molecule has 0 fully saturated rings. The van der Waals surface area contributed by atoms with Crippen molar-refractivity contribution in [2.75, 3.05) is 0 Å². The number of para-hydroxylation sites is 2. The Morgan fingerprint density at radius 2 is 1.72 bits per heavy atom. The van der Waals surface area contributed by atoms with E-state index in [2.05, 4.69) is 12.1 Å². The van der Waals surface area contributed by atoms with Gasteiger partial charge in [0.25, 0.3) is 0 Å². The standard InChI is InChI=1S/C21H16ClFN2/c1-14-9-11-15(12-10-14)21-24-19-7-2-3-8-20(19)25(21)13-16-17(22)5-4-6-18(16)23/h2-12H,13H2,1H3. The predicted molar refractivity (Wildman–Crippen MR) is 100 cm³/mol. The first-order chi connectivity index (χ1) is 12.1. The Morgan fingerprint density at radius 3 is 2.48 bits per heavy atom. The first-order valence-corrected chi connectivity index (χ1v) is 8.46. The zero-order valence-corrected chi connectivity index (χ0v) is 14.5. The van der Waals surface area contributed by atoms with E-state index in [0.29, 0.717) is 17.1 Å². The van der Waals surface area contributed by atoms with Gasteiger partial charge in [0.15, 0.2) is 0 Å². The summed E-state index contributed by atoms with van der Waals surface area (Å²) in [7, 11) is 0. The fourth-order valence-electron chi connectivity index (χ4n) is 3.00. The number of fused-ring (bicyclic) bond motifs is 1. The minimum atomic E-state index is -0.305. The van der Waals surface area contributed by atoms with Crippen molar-refractivity contribution < 1.29 is 4.39 Å². The Kier molecular flexibility index (Phi) is 4.02. The molecule has 0 saturated carbocycles. The van der Waals surface area contributed by atoms with E-state index < -0.39 is 0 Å². The van der Waals surface area contributed by atoms with Gasteiger partial charge in [0.1, 0.15) is 11.6 Å². The van der Waals surface area contributed by atoms with E-state index in [0.717, 1.165) is 22.4 Å². The van der Waals surface area contributed by atoms with Gasteiger partial charge >= 0.3 is 0 Å². The van der Waals surface area contributed by atoms with E-state index in [4.69, 9.17) is 16.6 Å². The van der Waals surface area contributed by atoms with Gasteiger partial charge in [-0.2, -0.15) is 0 Å². The van der Waals surface area contributed by atoms with Crippen LogP contribution in [0.5, 0.6) is 0 Å². The Bertz CT molecular complexity index is 1030. The molecule has 0 spiro atoms. The molecular weight excluding hydrogens is 335 g/mol.